The van der Waals surface area contributed by atoms with E-state index >= 15 is 0 Å². The van der Waals surface area contributed by atoms with Crippen molar-refractivity contribution in [2.24, 2.45) is 0 Å². The molecule has 0 spiro atoms. The second-order valence-corrected chi connectivity index (χ2v) is 2.78. The Morgan fingerprint density at radius 2 is 1.37 bits per heavy atom. The lowest BCUT2D eigenvalue weighted by molar-refractivity contribution is -0.154. The molecule has 0 aliphatic rings. The third kappa shape index (κ3) is 15.8. The van der Waals surface area contributed by atoms with E-state index in [4.69, 9.17) is 5.53 Å². The topological polar surface area (TPSA) is 115 Å². The van der Waals surface area contributed by atoms with E-state index in [0.717, 1.165) is 0 Å². The molecule has 0 aromatic rings. The highest BCUT2D eigenvalue weighted by Gasteiger charge is 2.09. The van der Waals surface area contributed by atoms with E-state index in [1.807, 2.05) is 0 Å². The van der Waals surface area contributed by atoms with Crippen molar-refractivity contribution in [2.75, 3.05) is 19.8 Å². The van der Waals surface area contributed by atoms with E-state index in [-0.39, 0.29) is 19.6 Å². The molecular formula is C11H18N2O6. The summed E-state index contributed by atoms with van der Waals surface area (Å²) in [5.74, 6) is -1.70. The summed E-state index contributed by atoms with van der Waals surface area (Å²) in [6.07, 6.45) is 0.408. The third-order valence-electron chi connectivity index (χ3n) is 1.35. The average Bonchev–Trinajstić information content (AvgIpc) is 2.30. The summed E-state index contributed by atoms with van der Waals surface area (Å²) in [7, 11) is 0. The summed E-state index contributed by atoms with van der Waals surface area (Å²) in [6.45, 7) is 5.91. The van der Waals surface area contributed by atoms with Crippen LogP contribution in [0.25, 0.3) is 5.53 Å². The van der Waals surface area contributed by atoms with Gasteiger partial charge in [-0.2, -0.15) is 4.79 Å². The Morgan fingerprint density at radius 3 is 1.68 bits per heavy atom. The smallest absolute Gasteiger partial charge is 0.413 e. The lowest BCUT2D eigenvalue weighted by atomic mass is 10.4. The van der Waals surface area contributed by atoms with Gasteiger partial charge in [-0.3, -0.25) is 9.59 Å². The Balaban J connectivity index is 0. The summed E-state index contributed by atoms with van der Waals surface area (Å²) in [5.41, 5.74) is 7.73. The lowest BCUT2D eigenvalue weighted by Gasteiger charge is -2.00. The van der Waals surface area contributed by atoms with Gasteiger partial charge in [0.05, 0.1) is 19.8 Å². The van der Waals surface area contributed by atoms with Crippen LogP contribution in [0.3, 0.4) is 0 Å². The fourth-order valence-electron chi connectivity index (χ4n) is 0.769. The van der Waals surface area contributed by atoms with Crippen molar-refractivity contribution in [3.8, 4) is 0 Å². The van der Waals surface area contributed by atoms with E-state index in [1.54, 1.807) is 20.8 Å². The summed E-state index contributed by atoms with van der Waals surface area (Å²) in [5, 5.41) is 0. The monoisotopic (exact) mass is 274 g/mol. The van der Waals surface area contributed by atoms with Crippen LogP contribution in [0.2, 0.25) is 0 Å². The highest BCUT2D eigenvalue weighted by Crippen LogP contribution is 1.89. The van der Waals surface area contributed by atoms with Crippen LogP contribution in [0.5, 0.6) is 0 Å². The van der Waals surface area contributed by atoms with Crippen LogP contribution in [0.15, 0.2) is 0 Å². The largest absolute Gasteiger partial charge is 0.466 e. The van der Waals surface area contributed by atoms with Crippen LogP contribution >= 0.6 is 0 Å². The van der Waals surface area contributed by atoms with E-state index in [0.29, 0.717) is 12.8 Å². The molecule has 0 radical (unpaired) electrons. The second-order valence-electron chi connectivity index (χ2n) is 2.78. The van der Waals surface area contributed by atoms with Gasteiger partial charge in [-0.25, -0.2) is 4.79 Å². The van der Waals surface area contributed by atoms with E-state index in [9.17, 15) is 14.4 Å². The molecular weight excluding hydrogens is 256 g/mol. The van der Waals surface area contributed by atoms with Gasteiger partial charge in [-0.15, -0.1) is 0 Å². The summed E-state index contributed by atoms with van der Waals surface area (Å²) in [4.78, 5) is 33.8. The molecule has 0 aliphatic carbocycles. The van der Waals surface area contributed by atoms with Gasteiger partial charge in [0, 0.05) is 0 Å². The van der Waals surface area contributed by atoms with Gasteiger partial charge in [0.1, 0.15) is 6.42 Å². The molecule has 0 aromatic heterocycles. The Morgan fingerprint density at radius 1 is 0.947 bits per heavy atom. The lowest BCUT2D eigenvalue weighted by Crippen LogP contribution is -2.13. The van der Waals surface area contributed by atoms with Crippen LogP contribution in [-0.2, 0) is 28.6 Å². The number of hydrogen-bond acceptors (Lipinski definition) is 6. The Hall–Kier alpha value is -2.21. The van der Waals surface area contributed by atoms with Crippen LogP contribution in [0.4, 0.5) is 0 Å². The first-order valence-corrected chi connectivity index (χ1v) is 5.67. The van der Waals surface area contributed by atoms with Crippen LogP contribution in [0, 0.1) is 0 Å². The van der Waals surface area contributed by atoms with Gasteiger partial charge < -0.3 is 19.7 Å². The molecule has 19 heavy (non-hydrogen) atoms. The summed E-state index contributed by atoms with van der Waals surface area (Å²) < 4.78 is 13.4. The van der Waals surface area contributed by atoms with Crippen molar-refractivity contribution >= 4 is 24.1 Å². The molecule has 0 saturated heterocycles. The van der Waals surface area contributed by atoms with Gasteiger partial charge in [0.25, 0.3) is 0 Å². The minimum absolute atomic E-state index is 0.290. The first-order valence-electron chi connectivity index (χ1n) is 5.67. The summed E-state index contributed by atoms with van der Waals surface area (Å²) >= 11 is 0. The van der Waals surface area contributed by atoms with Crippen molar-refractivity contribution in [3.05, 3.63) is 5.53 Å². The maximum absolute atomic E-state index is 10.6. The highest BCUT2D eigenvalue weighted by atomic mass is 16.6. The number of hydrogen-bond donors (Lipinski definition) is 0. The van der Waals surface area contributed by atoms with E-state index in [2.05, 4.69) is 19.0 Å². The number of rotatable bonds is 6. The quantitative estimate of drug-likeness (QED) is 0.172. The predicted octanol–water partition coefficient (Wildman–Crippen LogP) is 0.353. The van der Waals surface area contributed by atoms with Crippen LogP contribution < -0.4 is 0 Å². The molecule has 0 bridgehead atoms. The van der Waals surface area contributed by atoms with Gasteiger partial charge >= 0.3 is 24.1 Å². The molecule has 0 aromatic carbocycles. The molecule has 0 heterocycles. The first kappa shape index (κ1) is 19.1. The van der Waals surface area contributed by atoms with Crippen molar-refractivity contribution in [3.63, 3.8) is 0 Å². The standard InChI is InChI=1S/C7H12O4.C4H6N2O2/c1-3-10-6(8)5-7(9)11-4-2;1-2-8-4(7)3-6-5/h3-5H2,1-2H3;3H,2H2,1H3. The molecule has 0 unspecified atom stereocenters. The SMILES string of the molecule is CCOC(=O)C=[N+]=[N-].CCOC(=O)CC(=O)OCC. The van der Waals surface area contributed by atoms with Crippen LogP contribution in [-0.4, -0.2) is 48.7 Å². The molecule has 0 saturated carbocycles. The van der Waals surface area contributed by atoms with Crippen molar-refractivity contribution in [2.45, 2.75) is 27.2 Å². The number of carbonyl (C=O) groups is 3. The molecule has 8 nitrogen and oxygen atoms in total. The minimum atomic E-state index is -0.630. The molecule has 0 atom stereocenters. The van der Waals surface area contributed by atoms with Gasteiger partial charge in [-0.05, 0) is 20.8 Å². The van der Waals surface area contributed by atoms with E-state index < -0.39 is 17.9 Å². The minimum Gasteiger partial charge on any atom is -0.466 e. The predicted molar refractivity (Wildman–Crippen MR) is 64.2 cm³/mol. The Bertz CT molecular complexity index is 320. The molecule has 8 heteroatoms. The number of nitrogens with zero attached hydrogens (tertiary/aromatic N) is 2. The highest BCUT2D eigenvalue weighted by molar-refractivity contribution is 6.20. The third-order valence-corrected chi connectivity index (χ3v) is 1.35. The Kier molecular flexibility index (Phi) is 14.0. The normalized spacial score (nSPS) is 8.16. The second kappa shape index (κ2) is 13.9. The molecule has 0 N–H and O–H groups in total. The summed E-state index contributed by atoms with van der Waals surface area (Å²) in [6, 6.07) is 0. The molecule has 0 amide bonds. The van der Waals surface area contributed by atoms with Gasteiger partial charge in [0.2, 0.25) is 0 Å². The van der Waals surface area contributed by atoms with Crippen molar-refractivity contribution < 1.29 is 33.4 Å². The molecule has 108 valence electrons. The van der Waals surface area contributed by atoms with Crippen molar-refractivity contribution in [1.29, 1.82) is 0 Å². The first-order chi connectivity index (χ1) is 9.01. The zero-order valence-electron chi connectivity index (χ0n) is 11.2. The van der Waals surface area contributed by atoms with Crippen LogP contribution in [0.1, 0.15) is 27.2 Å². The van der Waals surface area contributed by atoms with Gasteiger partial charge in [-0.1, -0.05) is 0 Å². The molecule has 0 fully saturated rings. The van der Waals surface area contributed by atoms with Gasteiger partial charge in [0.15, 0.2) is 0 Å². The average molecular weight is 274 g/mol. The molecule has 0 rings (SSSR count). The van der Waals surface area contributed by atoms with E-state index in [1.165, 1.54) is 0 Å². The number of ether oxygens (including phenoxy) is 3. The maximum atomic E-state index is 10.6. The maximum Gasteiger partial charge on any atom is 0.413 e. The zero-order valence-corrected chi connectivity index (χ0v) is 11.2. The fourth-order valence-corrected chi connectivity index (χ4v) is 0.769. The Labute approximate surface area is 111 Å². The van der Waals surface area contributed by atoms with Crippen molar-refractivity contribution in [1.82, 2.24) is 0 Å². The zero-order chi connectivity index (χ0) is 15.1. The molecule has 0 aliphatic heterocycles. The fraction of sp³-hybridized carbons (Fsp3) is 0.636. The number of carbonyl (C=O) groups excluding carboxylic acids is 3. The number of esters is 3.